The minimum absolute atomic E-state index is 0. The predicted molar refractivity (Wildman–Crippen MR) is 116 cm³/mol. The van der Waals surface area contributed by atoms with Crippen molar-refractivity contribution in [3.63, 3.8) is 0 Å². The van der Waals surface area contributed by atoms with E-state index in [9.17, 15) is 4.79 Å². The lowest BCUT2D eigenvalue weighted by molar-refractivity contribution is -0.134. The largest absolute Gasteiger partial charge is 0.349 e. The van der Waals surface area contributed by atoms with E-state index in [0.29, 0.717) is 6.04 Å². The molecular weight excluding hydrogens is 458 g/mol. The lowest BCUT2D eigenvalue weighted by Crippen LogP contribution is -2.47. The number of hydrogen-bond donors (Lipinski definition) is 1. The molecule has 1 aliphatic heterocycles. The monoisotopic (exact) mass is 481 g/mol. The van der Waals surface area contributed by atoms with Gasteiger partial charge in [0, 0.05) is 36.6 Å². The van der Waals surface area contributed by atoms with E-state index in [1.165, 1.54) is 27.6 Å². The minimum Gasteiger partial charge on any atom is -0.349 e. The molecule has 1 amide bonds. The molecule has 2 atom stereocenters. The Morgan fingerprint density at radius 1 is 1.35 bits per heavy atom. The van der Waals surface area contributed by atoms with Gasteiger partial charge in [0.2, 0.25) is 5.91 Å². The number of nitrogens with zero attached hydrogens (tertiary/aromatic N) is 2. The van der Waals surface area contributed by atoms with Crippen molar-refractivity contribution in [1.29, 1.82) is 0 Å². The molecule has 0 bridgehead atoms. The third-order valence-electron chi connectivity index (χ3n) is 5.73. The molecule has 2 aliphatic rings. The number of aromatic amines is 1. The number of nitrogens with one attached hydrogen (secondary N) is 1. The standard InChI is InChI=1S/C20H24BrN3O.BrH/c1-4-24(5-2)20(25)12-9-14-13-7-6-8-16-18(13)15(19(21)22-16)10-17(14)23(3)11-12;/h6-9,12,17,22H,4-5,10-11H2,1-3H3;1H/t12-,17-;/m1./s1. The second kappa shape index (κ2) is 7.49. The van der Waals surface area contributed by atoms with Gasteiger partial charge in [-0.3, -0.25) is 9.69 Å². The highest BCUT2D eigenvalue weighted by molar-refractivity contribution is 9.10. The number of hydrogen-bond acceptors (Lipinski definition) is 2. The molecule has 26 heavy (non-hydrogen) atoms. The Hall–Kier alpha value is -1.11. The fourth-order valence-corrected chi connectivity index (χ4v) is 4.99. The molecule has 1 aromatic carbocycles. The summed E-state index contributed by atoms with van der Waals surface area (Å²) in [6.07, 6.45) is 3.22. The summed E-state index contributed by atoms with van der Waals surface area (Å²) in [6.45, 7) is 6.43. The predicted octanol–water partition coefficient (Wildman–Crippen LogP) is 4.25. The zero-order valence-corrected chi connectivity index (χ0v) is 18.7. The van der Waals surface area contributed by atoms with Crippen LogP contribution in [0.2, 0.25) is 0 Å². The van der Waals surface area contributed by atoms with Crippen LogP contribution in [0, 0.1) is 5.92 Å². The van der Waals surface area contributed by atoms with Gasteiger partial charge in [-0.2, -0.15) is 0 Å². The van der Waals surface area contributed by atoms with E-state index < -0.39 is 0 Å². The second-order valence-electron chi connectivity index (χ2n) is 7.04. The van der Waals surface area contributed by atoms with Gasteiger partial charge in [-0.05, 0) is 66.0 Å². The number of halogens is 2. The molecule has 2 heterocycles. The summed E-state index contributed by atoms with van der Waals surface area (Å²) in [5, 5.41) is 1.31. The summed E-state index contributed by atoms with van der Waals surface area (Å²) in [5.74, 6) is 0.186. The van der Waals surface area contributed by atoms with Crippen LogP contribution in [0.3, 0.4) is 0 Å². The smallest absolute Gasteiger partial charge is 0.230 e. The number of H-pyrrole nitrogens is 1. The molecule has 1 aliphatic carbocycles. The van der Waals surface area contributed by atoms with Gasteiger partial charge in [-0.25, -0.2) is 0 Å². The lowest BCUT2D eigenvalue weighted by Gasteiger charge is -2.40. The number of carbonyl (C=O) groups excluding carboxylic acids is 1. The highest BCUT2D eigenvalue weighted by atomic mass is 79.9. The first-order valence-electron chi connectivity index (χ1n) is 9.05. The summed E-state index contributed by atoms with van der Waals surface area (Å²) in [4.78, 5) is 20.7. The van der Waals surface area contributed by atoms with Gasteiger partial charge in [-0.15, -0.1) is 17.0 Å². The topological polar surface area (TPSA) is 39.3 Å². The van der Waals surface area contributed by atoms with Gasteiger partial charge >= 0.3 is 0 Å². The van der Waals surface area contributed by atoms with Crippen LogP contribution in [0.5, 0.6) is 0 Å². The number of likely N-dealkylation sites (N-methyl/N-ethyl adjacent to an activating group) is 1. The van der Waals surface area contributed by atoms with Crippen molar-refractivity contribution < 1.29 is 4.79 Å². The molecule has 6 heteroatoms. The van der Waals surface area contributed by atoms with Gasteiger partial charge in [0.1, 0.15) is 0 Å². The highest BCUT2D eigenvalue weighted by Gasteiger charge is 2.37. The normalized spacial score (nSPS) is 21.8. The number of fused-ring (bicyclic) bond motifs is 2. The van der Waals surface area contributed by atoms with E-state index in [1.54, 1.807) is 0 Å². The molecule has 0 saturated heterocycles. The molecule has 0 spiro atoms. The molecule has 0 saturated carbocycles. The zero-order chi connectivity index (χ0) is 17.7. The Labute approximate surface area is 173 Å². The number of rotatable bonds is 3. The van der Waals surface area contributed by atoms with Crippen LogP contribution in [0.4, 0.5) is 0 Å². The van der Waals surface area contributed by atoms with Crippen molar-refractivity contribution in [2.75, 3.05) is 26.7 Å². The molecule has 0 radical (unpaired) electrons. The lowest BCUT2D eigenvalue weighted by atomic mass is 9.79. The van der Waals surface area contributed by atoms with Crippen LogP contribution in [0.15, 0.2) is 28.9 Å². The Balaban J connectivity index is 0.00000196. The summed E-state index contributed by atoms with van der Waals surface area (Å²) >= 11 is 3.69. The Morgan fingerprint density at radius 2 is 2.08 bits per heavy atom. The molecule has 0 fully saturated rings. The molecular formula is C20H25Br2N3O. The van der Waals surface area contributed by atoms with Gasteiger partial charge in [0.05, 0.1) is 10.5 Å². The number of amides is 1. The summed E-state index contributed by atoms with van der Waals surface area (Å²) in [5.41, 5.74) is 5.10. The maximum absolute atomic E-state index is 12.9. The molecule has 4 rings (SSSR count). The Bertz CT molecular complexity index is 869. The van der Waals surface area contributed by atoms with Gasteiger partial charge < -0.3 is 9.88 Å². The zero-order valence-electron chi connectivity index (χ0n) is 15.4. The van der Waals surface area contributed by atoms with Gasteiger partial charge in [-0.1, -0.05) is 18.2 Å². The summed E-state index contributed by atoms with van der Waals surface area (Å²) < 4.78 is 1.09. The minimum atomic E-state index is -0.0599. The first-order valence-corrected chi connectivity index (χ1v) is 9.84. The Morgan fingerprint density at radius 3 is 2.77 bits per heavy atom. The maximum atomic E-state index is 12.9. The third kappa shape index (κ3) is 2.96. The number of aromatic nitrogens is 1. The first kappa shape index (κ1) is 19.6. The van der Waals surface area contributed by atoms with Crippen LogP contribution < -0.4 is 0 Å². The van der Waals surface area contributed by atoms with E-state index in [2.05, 4.69) is 71.0 Å². The van der Waals surface area contributed by atoms with E-state index in [4.69, 9.17) is 0 Å². The van der Waals surface area contributed by atoms with Crippen molar-refractivity contribution in [2.45, 2.75) is 26.3 Å². The van der Waals surface area contributed by atoms with Gasteiger partial charge in [0.25, 0.3) is 0 Å². The van der Waals surface area contributed by atoms with Crippen LogP contribution in [0.1, 0.15) is 25.0 Å². The average Bonchev–Trinajstić information content (AvgIpc) is 2.93. The van der Waals surface area contributed by atoms with Crippen molar-refractivity contribution in [2.24, 2.45) is 5.92 Å². The quantitative estimate of drug-likeness (QED) is 0.710. The van der Waals surface area contributed by atoms with Crippen molar-refractivity contribution in [3.05, 3.63) is 40.0 Å². The van der Waals surface area contributed by atoms with Crippen LogP contribution in [-0.4, -0.2) is 53.4 Å². The molecule has 2 aromatic rings. The Kier molecular flexibility index (Phi) is 5.66. The maximum Gasteiger partial charge on any atom is 0.230 e. The van der Waals surface area contributed by atoms with E-state index >= 15 is 0 Å². The third-order valence-corrected chi connectivity index (χ3v) is 6.41. The van der Waals surface area contributed by atoms with E-state index in [-0.39, 0.29) is 28.8 Å². The molecule has 1 aromatic heterocycles. The van der Waals surface area contributed by atoms with Crippen molar-refractivity contribution in [1.82, 2.24) is 14.8 Å². The molecule has 1 N–H and O–H groups in total. The summed E-state index contributed by atoms with van der Waals surface area (Å²) in [6, 6.07) is 6.76. The van der Waals surface area contributed by atoms with Crippen LogP contribution in [0.25, 0.3) is 16.5 Å². The average molecular weight is 483 g/mol. The molecule has 0 unspecified atom stereocenters. The number of carbonyl (C=O) groups is 1. The van der Waals surface area contributed by atoms with Crippen molar-refractivity contribution >= 4 is 55.3 Å². The first-order chi connectivity index (χ1) is 12.0. The SMILES string of the molecule is Br.CCN(CC)C(=O)[C@@H]1C=C2c3cccc4[nH]c(Br)c(c34)C[C@H]2N(C)C1. The van der Waals surface area contributed by atoms with E-state index in [1.807, 2.05) is 4.90 Å². The van der Waals surface area contributed by atoms with Gasteiger partial charge in [0.15, 0.2) is 0 Å². The molecule has 4 nitrogen and oxygen atoms in total. The summed E-state index contributed by atoms with van der Waals surface area (Å²) in [7, 11) is 2.14. The molecule has 140 valence electrons. The van der Waals surface area contributed by atoms with Crippen LogP contribution >= 0.6 is 32.9 Å². The van der Waals surface area contributed by atoms with E-state index in [0.717, 1.165) is 30.7 Å². The second-order valence-corrected chi connectivity index (χ2v) is 7.84. The van der Waals surface area contributed by atoms with Crippen molar-refractivity contribution in [3.8, 4) is 0 Å². The van der Waals surface area contributed by atoms with Crippen LogP contribution in [-0.2, 0) is 11.2 Å². The highest BCUT2D eigenvalue weighted by Crippen LogP contribution is 2.43. The fraction of sp³-hybridized carbons (Fsp3) is 0.450. The number of benzene rings is 1. The fourth-order valence-electron chi connectivity index (χ4n) is 4.42.